The van der Waals surface area contributed by atoms with E-state index in [2.05, 4.69) is 14.8 Å². The molecule has 0 aliphatic rings. The number of aryl methyl sites for hydroxylation is 2. The second-order valence-corrected chi connectivity index (χ2v) is 8.75. The minimum absolute atomic E-state index is 0.0272. The number of carbonyl (C=O) groups is 3. The first-order chi connectivity index (χ1) is 18.9. The molecule has 3 N–H and O–H groups in total. The van der Waals surface area contributed by atoms with Gasteiger partial charge in [-0.15, -0.1) is 0 Å². The molecule has 2 unspecified atom stereocenters. The third kappa shape index (κ3) is 7.82. The lowest BCUT2D eigenvalue weighted by Crippen LogP contribution is -2.33. The van der Waals surface area contributed by atoms with E-state index in [1.54, 1.807) is 39.8 Å². The number of nitrogen functional groups attached to an aromatic ring is 1. The standard InChI is InChI=1S/C18H20N2O5.C10H14N2O3/c1-12-9-10-15(16(21)20(12)13(2)17(22)24-3)19-18(23)25-11-14-7-5-4-6-8-14;1-6-4-5-8(11)9(13)12(6)7(2)10(14)15-3/h4-10,13H,11H2,1-3H3,(H,19,23);4-5,7H,11H2,1-3H3. The van der Waals surface area contributed by atoms with E-state index in [-0.39, 0.29) is 23.5 Å². The molecule has 3 aromatic rings. The van der Waals surface area contributed by atoms with Gasteiger partial charge in [-0.05, 0) is 57.5 Å². The first-order valence-electron chi connectivity index (χ1n) is 12.3. The fourth-order valence-electron chi connectivity index (χ4n) is 3.79. The van der Waals surface area contributed by atoms with Crippen molar-refractivity contribution in [1.29, 1.82) is 0 Å². The molecule has 40 heavy (non-hydrogen) atoms. The van der Waals surface area contributed by atoms with Crippen LogP contribution in [0, 0.1) is 13.8 Å². The summed E-state index contributed by atoms with van der Waals surface area (Å²) in [7, 11) is 2.54. The highest BCUT2D eigenvalue weighted by atomic mass is 16.5. The summed E-state index contributed by atoms with van der Waals surface area (Å²) in [6.45, 7) is 6.67. The molecular formula is C28H34N4O8. The third-order valence-electron chi connectivity index (χ3n) is 5.98. The Morgan fingerprint density at radius 2 is 1.30 bits per heavy atom. The molecule has 0 aliphatic heterocycles. The summed E-state index contributed by atoms with van der Waals surface area (Å²) in [5.41, 5.74) is 6.84. The number of hydrogen-bond donors (Lipinski definition) is 2. The maximum Gasteiger partial charge on any atom is 0.412 e. The minimum atomic E-state index is -0.806. The van der Waals surface area contributed by atoms with Gasteiger partial charge in [-0.2, -0.15) is 0 Å². The molecule has 12 heteroatoms. The third-order valence-corrected chi connectivity index (χ3v) is 5.98. The van der Waals surface area contributed by atoms with Gasteiger partial charge >= 0.3 is 18.0 Å². The average Bonchev–Trinajstić information content (AvgIpc) is 2.95. The van der Waals surface area contributed by atoms with Crippen molar-refractivity contribution in [1.82, 2.24) is 9.13 Å². The number of nitrogens with one attached hydrogen (secondary N) is 1. The molecular weight excluding hydrogens is 520 g/mol. The highest BCUT2D eigenvalue weighted by Crippen LogP contribution is 2.12. The molecule has 3 rings (SSSR count). The Bertz CT molecular complexity index is 1460. The summed E-state index contributed by atoms with van der Waals surface area (Å²) in [6, 6.07) is 14.0. The number of hydrogen-bond acceptors (Lipinski definition) is 9. The summed E-state index contributed by atoms with van der Waals surface area (Å²) in [6.07, 6.45) is -0.748. The SMILES string of the molecule is COC(=O)C(C)n1c(C)ccc(N)c1=O.COC(=O)C(C)n1c(C)ccc(NC(=O)OCc2ccccc2)c1=O. The number of nitrogens with two attached hydrogens (primary N) is 1. The summed E-state index contributed by atoms with van der Waals surface area (Å²) < 4.78 is 16.9. The maximum absolute atomic E-state index is 12.5. The maximum atomic E-state index is 12.5. The number of anilines is 2. The van der Waals surface area contributed by atoms with Crippen molar-refractivity contribution in [2.75, 3.05) is 25.3 Å². The van der Waals surface area contributed by atoms with Crippen LogP contribution in [0.15, 0.2) is 64.2 Å². The van der Waals surface area contributed by atoms with Gasteiger partial charge in [-0.3, -0.25) is 24.0 Å². The second-order valence-electron chi connectivity index (χ2n) is 8.75. The van der Waals surface area contributed by atoms with Crippen LogP contribution in [0.2, 0.25) is 0 Å². The summed E-state index contributed by atoms with van der Waals surface area (Å²) in [5, 5.41) is 2.41. The van der Waals surface area contributed by atoms with Crippen molar-refractivity contribution in [3.63, 3.8) is 0 Å². The van der Waals surface area contributed by atoms with Crippen molar-refractivity contribution in [3.8, 4) is 0 Å². The monoisotopic (exact) mass is 554 g/mol. The summed E-state index contributed by atoms with van der Waals surface area (Å²) in [4.78, 5) is 59.2. The molecule has 1 aromatic carbocycles. The van der Waals surface area contributed by atoms with Crippen LogP contribution >= 0.6 is 0 Å². The van der Waals surface area contributed by atoms with Gasteiger partial charge in [0.2, 0.25) is 0 Å². The van der Waals surface area contributed by atoms with E-state index in [4.69, 9.17) is 10.5 Å². The highest BCUT2D eigenvalue weighted by molar-refractivity contribution is 5.84. The van der Waals surface area contributed by atoms with Gasteiger partial charge in [0.05, 0.1) is 19.9 Å². The number of carbonyl (C=O) groups excluding carboxylic acids is 3. The molecule has 2 atom stereocenters. The number of amides is 1. The Kier molecular flexibility index (Phi) is 11.2. The molecule has 2 heterocycles. The van der Waals surface area contributed by atoms with Crippen LogP contribution in [0.3, 0.4) is 0 Å². The Morgan fingerprint density at radius 3 is 1.82 bits per heavy atom. The smallest absolute Gasteiger partial charge is 0.412 e. The van der Waals surface area contributed by atoms with Crippen LogP contribution in [-0.4, -0.2) is 41.4 Å². The van der Waals surface area contributed by atoms with Gasteiger partial charge in [0.15, 0.2) is 0 Å². The zero-order valence-corrected chi connectivity index (χ0v) is 23.3. The minimum Gasteiger partial charge on any atom is -0.467 e. The number of pyridine rings is 2. The topological polar surface area (TPSA) is 161 Å². The van der Waals surface area contributed by atoms with E-state index >= 15 is 0 Å². The van der Waals surface area contributed by atoms with Crippen LogP contribution in [0.1, 0.15) is 42.9 Å². The van der Waals surface area contributed by atoms with Crippen LogP contribution in [0.25, 0.3) is 0 Å². The normalized spacial score (nSPS) is 11.8. The van der Waals surface area contributed by atoms with E-state index in [1.807, 2.05) is 30.3 Å². The summed E-state index contributed by atoms with van der Waals surface area (Å²) >= 11 is 0. The molecule has 214 valence electrons. The van der Waals surface area contributed by atoms with E-state index in [9.17, 15) is 24.0 Å². The number of benzene rings is 1. The fourth-order valence-corrected chi connectivity index (χ4v) is 3.79. The van der Waals surface area contributed by atoms with Crippen molar-refractivity contribution < 1.29 is 28.6 Å². The van der Waals surface area contributed by atoms with Crippen molar-refractivity contribution in [2.45, 2.75) is 46.4 Å². The molecule has 0 bridgehead atoms. The zero-order chi connectivity index (χ0) is 30.0. The quantitative estimate of drug-likeness (QED) is 0.330. The van der Waals surface area contributed by atoms with E-state index in [0.717, 1.165) is 5.56 Å². The molecule has 0 fully saturated rings. The number of methoxy groups -OCH3 is 2. The Balaban J connectivity index is 0.000000319. The van der Waals surface area contributed by atoms with Gasteiger partial charge in [-0.25, -0.2) is 14.4 Å². The molecule has 2 aromatic heterocycles. The lowest BCUT2D eigenvalue weighted by molar-refractivity contribution is -0.145. The molecule has 0 aliphatic carbocycles. The molecule has 12 nitrogen and oxygen atoms in total. The van der Waals surface area contributed by atoms with Gasteiger partial charge in [0.25, 0.3) is 11.1 Å². The number of rotatable bonds is 7. The van der Waals surface area contributed by atoms with Crippen molar-refractivity contribution in [3.05, 3.63) is 92.3 Å². The number of aromatic nitrogens is 2. The predicted molar refractivity (Wildman–Crippen MR) is 149 cm³/mol. The Hall–Kier alpha value is -4.87. The summed E-state index contributed by atoms with van der Waals surface area (Å²) in [5.74, 6) is -1.01. The van der Waals surface area contributed by atoms with Crippen LogP contribution < -0.4 is 22.2 Å². The van der Waals surface area contributed by atoms with E-state index in [0.29, 0.717) is 11.4 Å². The van der Waals surface area contributed by atoms with Crippen molar-refractivity contribution >= 4 is 29.4 Å². The van der Waals surface area contributed by atoms with E-state index < -0.39 is 35.7 Å². The number of ether oxygens (including phenoxy) is 3. The van der Waals surface area contributed by atoms with Gasteiger partial charge < -0.3 is 19.9 Å². The Labute approximate surface area is 231 Å². The number of nitrogens with zero attached hydrogens (tertiary/aromatic N) is 2. The second kappa shape index (κ2) is 14.3. The molecule has 0 spiro atoms. The average molecular weight is 555 g/mol. The van der Waals surface area contributed by atoms with Crippen LogP contribution in [0.4, 0.5) is 16.2 Å². The highest BCUT2D eigenvalue weighted by Gasteiger charge is 2.21. The van der Waals surface area contributed by atoms with Crippen LogP contribution in [0.5, 0.6) is 0 Å². The first kappa shape index (κ1) is 31.3. The lowest BCUT2D eigenvalue weighted by Gasteiger charge is -2.17. The largest absolute Gasteiger partial charge is 0.467 e. The predicted octanol–water partition coefficient (Wildman–Crippen LogP) is 3.11. The van der Waals surface area contributed by atoms with Gasteiger partial charge in [0, 0.05) is 11.4 Å². The van der Waals surface area contributed by atoms with E-state index in [1.165, 1.54) is 35.5 Å². The molecule has 0 radical (unpaired) electrons. The fraction of sp³-hybridized carbons (Fsp3) is 0.321. The van der Waals surface area contributed by atoms with Gasteiger partial charge in [-0.1, -0.05) is 30.3 Å². The first-order valence-corrected chi connectivity index (χ1v) is 12.3. The zero-order valence-electron chi connectivity index (χ0n) is 23.3. The lowest BCUT2D eigenvalue weighted by atomic mass is 10.2. The molecule has 0 saturated heterocycles. The Morgan fingerprint density at radius 1 is 0.800 bits per heavy atom. The molecule has 1 amide bonds. The number of esters is 2. The van der Waals surface area contributed by atoms with Crippen molar-refractivity contribution in [2.24, 2.45) is 0 Å². The molecule has 0 saturated carbocycles. The van der Waals surface area contributed by atoms with Gasteiger partial charge in [0.1, 0.15) is 24.4 Å². The van der Waals surface area contributed by atoms with Crippen LogP contribution in [-0.2, 0) is 30.4 Å².